The van der Waals surface area contributed by atoms with Crippen LogP contribution in [0.4, 0.5) is 0 Å². The van der Waals surface area contributed by atoms with Crippen molar-refractivity contribution in [1.82, 2.24) is 14.3 Å². The summed E-state index contributed by atoms with van der Waals surface area (Å²) in [7, 11) is 0. The number of nitrogens with zero attached hydrogens (tertiary/aromatic N) is 2. The minimum absolute atomic E-state index is 0.110. The number of H-pyrrole nitrogens is 1. The van der Waals surface area contributed by atoms with Crippen LogP contribution < -0.4 is 5.56 Å². The number of aromatic amines is 1. The van der Waals surface area contributed by atoms with Gasteiger partial charge in [-0.2, -0.15) is 4.37 Å². The van der Waals surface area contributed by atoms with Gasteiger partial charge < -0.3 is 4.98 Å². The van der Waals surface area contributed by atoms with Crippen LogP contribution in [0.3, 0.4) is 0 Å². The summed E-state index contributed by atoms with van der Waals surface area (Å²) in [5, 5.41) is 0.609. The van der Waals surface area contributed by atoms with Gasteiger partial charge in [-0.05, 0) is 18.5 Å². The molecule has 2 heterocycles. The van der Waals surface area contributed by atoms with Gasteiger partial charge in [0.1, 0.15) is 0 Å². The Morgan fingerprint density at radius 1 is 1.64 bits per heavy atom. The molecule has 0 spiro atoms. The molecule has 5 heteroatoms. The average Bonchev–Trinajstić information content (AvgIpc) is 2.34. The van der Waals surface area contributed by atoms with Gasteiger partial charge >= 0.3 is 0 Å². The van der Waals surface area contributed by atoms with Crippen LogP contribution in [0.1, 0.15) is 5.69 Å². The molecule has 0 aromatic carbocycles. The van der Waals surface area contributed by atoms with E-state index in [4.69, 9.17) is 0 Å². The number of fused-ring (bicyclic) bond motifs is 1. The lowest BCUT2D eigenvalue weighted by Gasteiger charge is -1.84. The fourth-order valence-electron chi connectivity index (χ4n) is 0.929. The molecule has 11 heavy (non-hydrogen) atoms. The molecule has 2 aromatic rings. The molecule has 0 fully saturated rings. The second-order valence-corrected chi connectivity index (χ2v) is 2.93. The monoisotopic (exact) mass is 167 g/mol. The van der Waals surface area contributed by atoms with Gasteiger partial charge in [0, 0.05) is 0 Å². The second kappa shape index (κ2) is 2.13. The topological polar surface area (TPSA) is 58.6 Å². The normalized spacial score (nSPS) is 10.6. The predicted octanol–water partition coefficient (Wildman–Crippen LogP) is 0.688. The highest BCUT2D eigenvalue weighted by Crippen LogP contribution is 2.13. The lowest BCUT2D eigenvalue weighted by atomic mass is 10.3. The molecular weight excluding hydrogens is 162 g/mol. The summed E-state index contributed by atoms with van der Waals surface area (Å²) in [6.07, 6.45) is 1.39. The van der Waals surface area contributed by atoms with E-state index in [2.05, 4.69) is 14.3 Å². The zero-order valence-electron chi connectivity index (χ0n) is 5.79. The van der Waals surface area contributed by atoms with Crippen LogP contribution in [-0.4, -0.2) is 14.3 Å². The molecule has 0 aliphatic rings. The number of aryl methyl sites for hydroxylation is 1. The summed E-state index contributed by atoms with van der Waals surface area (Å²) in [5.41, 5.74) is 0.639. The quantitative estimate of drug-likeness (QED) is 0.628. The first-order chi connectivity index (χ1) is 5.29. The van der Waals surface area contributed by atoms with Crippen molar-refractivity contribution in [1.29, 1.82) is 0 Å². The van der Waals surface area contributed by atoms with Crippen LogP contribution >= 0.6 is 11.5 Å². The maximum atomic E-state index is 11.1. The first kappa shape index (κ1) is 6.48. The third-order valence-corrected chi connectivity index (χ3v) is 2.30. The van der Waals surface area contributed by atoms with Gasteiger partial charge in [0.05, 0.1) is 17.4 Å². The van der Waals surface area contributed by atoms with Crippen molar-refractivity contribution in [3.8, 4) is 0 Å². The van der Waals surface area contributed by atoms with E-state index in [1.54, 1.807) is 6.92 Å². The van der Waals surface area contributed by atoms with Gasteiger partial charge in [-0.3, -0.25) is 4.79 Å². The van der Waals surface area contributed by atoms with Gasteiger partial charge in [-0.1, -0.05) is 0 Å². The highest BCUT2D eigenvalue weighted by Gasteiger charge is 2.05. The lowest BCUT2D eigenvalue weighted by Crippen LogP contribution is -2.05. The molecule has 0 atom stereocenters. The van der Waals surface area contributed by atoms with E-state index in [1.165, 1.54) is 17.9 Å². The largest absolute Gasteiger partial charge is 0.312 e. The van der Waals surface area contributed by atoms with Crippen LogP contribution in [0.15, 0.2) is 11.1 Å². The third kappa shape index (κ3) is 0.848. The van der Waals surface area contributed by atoms with E-state index in [0.29, 0.717) is 10.2 Å². The maximum absolute atomic E-state index is 11.1. The molecule has 1 N–H and O–H groups in total. The van der Waals surface area contributed by atoms with Crippen molar-refractivity contribution >= 4 is 21.7 Å². The molecule has 2 aromatic heterocycles. The molecule has 0 aliphatic carbocycles. The number of nitrogens with one attached hydrogen (secondary N) is 1. The zero-order chi connectivity index (χ0) is 7.84. The van der Waals surface area contributed by atoms with E-state index in [0.717, 1.165) is 5.69 Å². The first-order valence-electron chi connectivity index (χ1n) is 3.08. The zero-order valence-corrected chi connectivity index (χ0v) is 6.60. The fourth-order valence-corrected chi connectivity index (χ4v) is 1.68. The molecule has 0 saturated carbocycles. The molecule has 0 unspecified atom stereocenters. The van der Waals surface area contributed by atoms with Crippen LogP contribution in [-0.2, 0) is 0 Å². The Balaban J connectivity index is 3.08. The van der Waals surface area contributed by atoms with Crippen molar-refractivity contribution in [2.45, 2.75) is 6.92 Å². The van der Waals surface area contributed by atoms with Crippen molar-refractivity contribution in [3.05, 3.63) is 22.4 Å². The molecule has 0 saturated heterocycles. The minimum Gasteiger partial charge on any atom is -0.312 e. The smallest absolute Gasteiger partial charge is 0.261 e. The van der Waals surface area contributed by atoms with E-state index in [9.17, 15) is 4.79 Å². The van der Waals surface area contributed by atoms with Gasteiger partial charge in [0.25, 0.3) is 5.56 Å². The van der Waals surface area contributed by atoms with Crippen molar-refractivity contribution < 1.29 is 0 Å². The standard InChI is InChI=1S/C6H5N3OS/c1-3-4-5(10)7-2-8-6(4)11-9-3/h2H,1H3,(H,7,8,10). The summed E-state index contributed by atoms with van der Waals surface area (Å²) < 4.78 is 4.02. The maximum Gasteiger partial charge on any atom is 0.261 e. The Kier molecular flexibility index (Phi) is 1.25. The molecule has 0 bridgehead atoms. The summed E-state index contributed by atoms with van der Waals surface area (Å²) in [5.74, 6) is 0. The number of hydrogen-bond donors (Lipinski definition) is 1. The first-order valence-corrected chi connectivity index (χ1v) is 3.86. The van der Waals surface area contributed by atoms with Gasteiger partial charge in [-0.25, -0.2) is 4.98 Å². The molecule has 4 nitrogen and oxygen atoms in total. The van der Waals surface area contributed by atoms with Crippen molar-refractivity contribution in [2.24, 2.45) is 0 Å². The summed E-state index contributed by atoms with van der Waals surface area (Å²) in [6.45, 7) is 1.80. The highest BCUT2D eigenvalue weighted by molar-refractivity contribution is 7.12. The van der Waals surface area contributed by atoms with E-state index in [-0.39, 0.29) is 5.56 Å². The van der Waals surface area contributed by atoms with Gasteiger partial charge in [0.15, 0.2) is 4.83 Å². The van der Waals surface area contributed by atoms with Gasteiger partial charge in [-0.15, -0.1) is 0 Å². The number of hydrogen-bond acceptors (Lipinski definition) is 4. The number of aromatic nitrogens is 3. The Morgan fingerprint density at radius 3 is 3.18 bits per heavy atom. The molecule has 0 aliphatic heterocycles. The molecular formula is C6H5N3OS. The minimum atomic E-state index is -0.110. The summed E-state index contributed by atoms with van der Waals surface area (Å²) >= 11 is 1.25. The second-order valence-electron chi connectivity index (χ2n) is 2.18. The van der Waals surface area contributed by atoms with Crippen LogP contribution in [0, 0.1) is 6.92 Å². The fraction of sp³-hybridized carbons (Fsp3) is 0.167. The van der Waals surface area contributed by atoms with Gasteiger partial charge in [0.2, 0.25) is 0 Å². The molecule has 56 valence electrons. The lowest BCUT2D eigenvalue weighted by molar-refractivity contribution is 1.17. The molecule has 0 amide bonds. The van der Waals surface area contributed by atoms with Crippen LogP contribution in [0.25, 0.3) is 10.2 Å². The Morgan fingerprint density at radius 2 is 2.45 bits per heavy atom. The summed E-state index contributed by atoms with van der Waals surface area (Å²) in [6, 6.07) is 0. The SMILES string of the molecule is Cc1nsc2nc[nH]c(=O)c12. The van der Waals surface area contributed by atoms with E-state index >= 15 is 0 Å². The Bertz CT molecular complexity index is 444. The summed E-state index contributed by atoms with van der Waals surface area (Å²) in [4.78, 5) is 18.3. The predicted molar refractivity (Wildman–Crippen MR) is 42.8 cm³/mol. The van der Waals surface area contributed by atoms with Crippen molar-refractivity contribution in [2.75, 3.05) is 0 Å². The van der Waals surface area contributed by atoms with Crippen molar-refractivity contribution in [3.63, 3.8) is 0 Å². The average molecular weight is 167 g/mol. The Hall–Kier alpha value is -1.23. The molecule has 2 rings (SSSR count). The highest BCUT2D eigenvalue weighted by atomic mass is 32.1. The van der Waals surface area contributed by atoms with E-state index in [1.807, 2.05) is 0 Å². The van der Waals surface area contributed by atoms with E-state index < -0.39 is 0 Å². The van der Waals surface area contributed by atoms with Crippen LogP contribution in [0.5, 0.6) is 0 Å². The Labute approximate surface area is 66.1 Å². The number of rotatable bonds is 0. The van der Waals surface area contributed by atoms with Crippen LogP contribution in [0.2, 0.25) is 0 Å². The molecule has 0 radical (unpaired) electrons. The third-order valence-electron chi connectivity index (χ3n) is 1.45.